The van der Waals surface area contributed by atoms with Crippen LogP contribution >= 0.6 is 0 Å². The Labute approximate surface area is 168 Å². The fourth-order valence-electron chi connectivity index (χ4n) is 3.40. The molecular weight excluding hydrogens is 354 g/mol. The molecule has 7 nitrogen and oxygen atoms in total. The predicted octanol–water partition coefficient (Wildman–Crippen LogP) is 1.51. The Morgan fingerprint density at radius 2 is 2.07 bits per heavy atom. The van der Waals surface area contributed by atoms with Crippen molar-refractivity contribution in [3.63, 3.8) is 0 Å². The Kier molecular flexibility index (Phi) is 9.37. The van der Waals surface area contributed by atoms with E-state index in [1.165, 1.54) is 25.8 Å². The number of ketones is 1. The number of aryl methyl sites for hydroxylation is 2. The molecule has 28 heavy (non-hydrogen) atoms. The number of nitrogens with one attached hydrogen (secondary N) is 2. The Morgan fingerprint density at radius 1 is 1.25 bits per heavy atom. The Bertz CT molecular complexity index is 650. The van der Waals surface area contributed by atoms with E-state index in [1.54, 1.807) is 0 Å². The number of Topliss-reactive ketones (excluding diaryl/α,β-unsaturated/α-hetero) is 1. The van der Waals surface area contributed by atoms with Crippen LogP contribution in [0.4, 0.5) is 5.82 Å². The van der Waals surface area contributed by atoms with E-state index >= 15 is 0 Å². The summed E-state index contributed by atoms with van der Waals surface area (Å²) in [6.07, 6.45) is 5.99. The largest absolute Gasteiger partial charge is 0.370 e. The highest BCUT2D eigenvalue weighted by Gasteiger charge is 2.13. The molecule has 0 unspecified atom stereocenters. The van der Waals surface area contributed by atoms with Gasteiger partial charge in [-0.25, -0.2) is 4.98 Å². The van der Waals surface area contributed by atoms with Gasteiger partial charge in [0.15, 0.2) is 0 Å². The molecule has 2 heterocycles. The Balaban J connectivity index is 1.75. The van der Waals surface area contributed by atoms with Gasteiger partial charge in [0.25, 0.3) is 0 Å². The second kappa shape index (κ2) is 11.8. The molecule has 1 aromatic heterocycles. The molecule has 0 fully saturated rings. The smallest absolute Gasteiger partial charge is 0.216 e. The maximum atomic E-state index is 11.4. The van der Waals surface area contributed by atoms with E-state index in [0.717, 1.165) is 63.4 Å². The molecule has 1 aliphatic heterocycles. The minimum Gasteiger partial charge on any atom is -0.370 e. The number of amides is 1. The molecule has 1 aromatic rings. The fourth-order valence-corrected chi connectivity index (χ4v) is 3.40. The summed E-state index contributed by atoms with van der Waals surface area (Å²) in [5.41, 5.74) is 8.32. The number of nitrogens with zero attached hydrogens (tertiary/aromatic N) is 2. The van der Waals surface area contributed by atoms with E-state index < -0.39 is 6.04 Å². The van der Waals surface area contributed by atoms with Crippen molar-refractivity contribution in [1.82, 2.24) is 15.2 Å². The molecule has 0 spiro atoms. The molecule has 0 saturated carbocycles. The summed E-state index contributed by atoms with van der Waals surface area (Å²) >= 11 is 0. The maximum Gasteiger partial charge on any atom is 0.216 e. The zero-order valence-corrected chi connectivity index (χ0v) is 17.3. The van der Waals surface area contributed by atoms with Gasteiger partial charge in [0.05, 0.1) is 6.04 Å². The van der Waals surface area contributed by atoms with Crippen molar-refractivity contribution in [3.05, 3.63) is 23.4 Å². The van der Waals surface area contributed by atoms with Crippen LogP contribution in [0.15, 0.2) is 12.1 Å². The van der Waals surface area contributed by atoms with Gasteiger partial charge in [0.1, 0.15) is 11.6 Å². The van der Waals surface area contributed by atoms with Gasteiger partial charge in [0, 0.05) is 38.8 Å². The standard InChI is InChI=1S/C21H35N5O2/c1-16(27)20(22)10-14-26(15-12-23-17(2)28)13-4-3-7-19-9-8-18-6-5-11-24-21(18)25-19/h8-9,20H,3-7,10-15,22H2,1-2H3,(H,23,28)(H,24,25)/t20-/m0/s1. The quantitative estimate of drug-likeness (QED) is 0.469. The first-order chi connectivity index (χ1) is 13.5. The van der Waals surface area contributed by atoms with Crippen LogP contribution in [0.5, 0.6) is 0 Å². The number of nitrogens with two attached hydrogens (primary N) is 1. The number of unbranched alkanes of at least 4 members (excludes halogenated alkanes) is 1. The van der Waals surface area contributed by atoms with Crippen LogP contribution in [0, 0.1) is 0 Å². The third kappa shape index (κ3) is 7.94. The van der Waals surface area contributed by atoms with E-state index in [0.29, 0.717) is 13.0 Å². The lowest BCUT2D eigenvalue weighted by Gasteiger charge is -2.23. The van der Waals surface area contributed by atoms with E-state index in [2.05, 4.69) is 27.7 Å². The van der Waals surface area contributed by atoms with Crippen LogP contribution in [0.1, 0.15) is 50.8 Å². The van der Waals surface area contributed by atoms with Crippen LogP contribution in [0.3, 0.4) is 0 Å². The number of rotatable bonds is 12. The van der Waals surface area contributed by atoms with E-state index in [1.807, 2.05) is 0 Å². The molecule has 0 saturated heterocycles. The summed E-state index contributed by atoms with van der Waals surface area (Å²) in [4.78, 5) is 29.5. The minimum atomic E-state index is -0.407. The Morgan fingerprint density at radius 3 is 2.82 bits per heavy atom. The van der Waals surface area contributed by atoms with Gasteiger partial charge in [-0.2, -0.15) is 0 Å². The number of anilines is 1. The monoisotopic (exact) mass is 389 g/mol. The van der Waals surface area contributed by atoms with Gasteiger partial charge < -0.3 is 21.3 Å². The minimum absolute atomic E-state index is 0.0209. The fraction of sp³-hybridized carbons (Fsp3) is 0.667. The highest BCUT2D eigenvalue weighted by molar-refractivity contribution is 5.81. The third-order valence-corrected chi connectivity index (χ3v) is 5.19. The normalized spacial score (nSPS) is 14.3. The molecule has 156 valence electrons. The second-order valence-electron chi connectivity index (χ2n) is 7.63. The number of fused-ring (bicyclic) bond motifs is 1. The molecular formula is C21H35N5O2. The molecule has 0 radical (unpaired) electrons. The lowest BCUT2D eigenvalue weighted by molar-refractivity contribution is -0.119. The number of hydrogen-bond acceptors (Lipinski definition) is 6. The van der Waals surface area contributed by atoms with Gasteiger partial charge in [0.2, 0.25) is 5.91 Å². The van der Waals surface area contributed by atoms with Crippen molar-refractivity contribution < 1.29 is 9.59 Å². The number of carbonyl (C=O) groups excluding carboxylic acids is 2. The highest BCUT2D eigenvalue weighted by atomic mass is 16.1. The SMILES string of the molecule is CC(=O)NCCN(CCCCc1ccc2c(n1)NCCC2)CC[C@H](N)C(C)=O. The van der Waals surface area contributed by atoms with Gasteiger partial charge in [-0.1, -0.05) is 6.07 Å². The molecule has 0 bridgehead atoms. The van der Waals surface area contributed by atoms with Crippen LogP contribution in [0.2, 0.25) is 0 Å². The van der Waals surface area contributed by atoms with Crippen molar-refractivity contribution >= 4 is 17.5 Å². The van der Waals surface area contributed by atoms with E-state index in [-0.39, 0.29) is 11.7 Å². The summed E-state index contributed by atoms with van der Waals surface area (Å²) < 4.78 is 0. The van der Waals surface area contributed by atoms with Crippen molar-refractivity contribution in [3.8, 4) is 0 Å². The van der Waals surface area contributed by atoms with Crippen LogP contribution < -0.4 is 16.4 Å². The topological polar surface area (TPSA) is 100 Å². The number of hydrogen-bond donors (Lipinski definition) is 3. The van der Waals surface area contributed by atoms with Crippen molar-refractivity contribution in [2.45, 2.75) is 58.4 Å². The maximum absolute atomic E-state index is 11.4. The molecule has 1 atom stereocenters. The van der Waals surface area contributed by atoms with Gasteiger partial charge >= 0.3 is 0 Å². The van der Waals surface area contributed by atoms with E-state index in [4.69, 9.17) is 10.7 Å². The molecule has 0 aromatic carbocycles. The average molecular weight is 390 g/mol. The van der Waals surface area contributed by atoms with Crippen LogP contribution in [-0.2, 0) is 22.4 Å². The first-order valence-electron chi connectivity index (χ1n) is 10.4. The zero-order valence-electron chi connectivity index (χ0n) is 17.3. The first kappa shape index (κ1) is 22.3. The first-order valence-corrected chi connectivity index (χ1v) is 10.4. The third-order valence-electron chi connectivity index (χ3n) is 5.19. The summed E-state index contributed by atoms with van der Waals surface area (Å²) in [5.74, 6) is 1.06. The van der Waals surface area contributed by atoms with Gasteiger partial charge in [-0.3, -0.25) is 9.59 Å². The lowest BCUT2D eigenvalue weighted by Crippen LogP contribution is -2.38. The second-order valence-corrected chi connectivity index (χ2v) is 7.63. The summed E-state index contributed by atoms with van der Waals surface area (Å²) in [6, 6.07) is 3.94. The Hall–Kier alpha value is -1.99. The van der Waals surface area contributed by atoms with Crippen LogP contribution in [-0.4, -0.2) is 60.3 Å². The molecule has 2 rings (SSSR count). The zero-order chi connectivity index (χ0) is 20.4. The van der Waals surface area contributed by atoms with Crippen molar-refractivity contribution in [1.29, 1.82) is 0 Å². The molecule has 1 aliphatic rings. The highest BCUT2D eigenvalue weighted by Crippen LogP contribution is 2.20. The summed E-state index contributed by atoms with van der Waals surface area (Å²) in [7, 11) is 0. The number of carbonyl (C=O) groups is 2. The van der Waals surface area contributed by atoms with Crippen molar-refractivity contribution in [2.75, 3.05) is 38.0 Å². The lowest BCUT2D eigenvalue weighted by atomic mass is 10.1. The van der Waals surface area contributed by atoms with Gasteiger partial charge in [-0.15, -0.1) is 0 Å². The summed E-state index contributed by atoms with van der Waals surface area (Å²) in [5, 5.41) is 6.22. The molecule has 4 N–H and O–H groups in total. The molecule has 7 heteroatoms. The number of aromatic nitrogens is 1. The number of pyridine rings is 1. The predicted molar refractivity (Wildman–Crippen MR) is 112 cm³/mol. The van der Waals surface area contributed by atoms with Crippen LogP contribution in [0.25, 0.3) is 0 Å². The van der Waals surface area contributed by atoms with Crippen molar-refractivity contribution in [2.24, 2.45) is 5.73 Å². The van der Waals surface area contributed by atoms with Gasteiger partial charge in [-0.05, 0) is 63.6 Å². The van der Waals surface area contributed by atoms with E-state index in [9.17, 15) is 9.59 Å². The molecule has 0 aliphatic carbocycles. The summed E-state index contributed by atoms with van der Waals surface area (Å²) in [6.45, 7) is 7.14. The molecule has 1 amide bonds. The average Bonchev–Trinajstić information content (AvgIpc) is 2.68.